The van der Waals surface area contributed by atoms with Crippen LogP contribution >= 0.6 is 0 Å². The highest BCUT2D eigenvalue weighted by Gasteiger charge is 2.16. The standard InChI is InChI=1S/C7H15NO5S/c1-2-3-6(9)4-8-14(12,13)5-7(10)11/h6,8-9H,2-5H2,1H3,(H,10,11). The van der Waals surface area contributed by atoms with Crippen molar-refractivity contribution in [2.24, 2.45) is 0 Å². The summed E-state index contributed by atoms with van der Waals surface area (Å²) >= 11 is 0. The number of carboxylic acids is 1. The van der Waals surface area contributed by atoms with E-state index in [-0.39, 0.29) is 6.54 Å². The van der Waals surface area contributed by atoms with Gasteiger partial charge in [0.1, 0.15) is 0 Å². The first kappa shape index (κ1) is 13.3. The normalized spacial score (nSPS) is 13.9. The molecule has 0 aliphatic rings. The summed E-state index contributed by atoms with van der Waals surface area (Å²) in [6.45, 7) is 1.72. The highest BCUT2D eigenvalue weighted by molar-refractivity contribution is 7.90. The van der Waals surface area contributed by atoms with Crippen molar-refractivity contribution in [2.75, 3.05) is 12.3 Å². The Morgan fingerprint density at radius 2 is 2.07 bits per heavy atom. The number of sulfonamides is 1. The molecule has 0 rings (SSSR count). The Morgan fingerprint density at radius 1 is 1.50 bits per heavy atom. The van der Waals surface area contributed by atoms with Crippen molar-refractivity contribution in [2.45, 2.75) is 25.9 Å². The molecule has 0 bridgehead atoms. The lowest BCUT2D eigenvalue weighted by Crippen LogP contribution is -2.35. The molecule has 0 amide bonds. The molecule has 6 nitrogen and oxygen atoms in total. The average molecular weight is 225 g/mol. The van der Waals surface area contributed by atoms with Crippen LogP contribution < -0.4 is 4.72 Å². The van der Waals surface area contributed by atoms with E-state index in [1.165, 1.54) is 0 Å². The van der Waals surface area contributed by atoms with E-state index >= 15 is 0 Å². The van der Waals surface area contributed by atoms with Gasteiger partial charge in [-0.15, -0.1) is 0 Å². The van der Waals surface area contributed by atoms with Crippen LogP contribution in [0.3, 0.4) is 0 Å². The quantitative estimate of drug-likeness (QED) is 0.523. The fourth-order valence-corrected chi connectivity index (χ4v) is 1.75. The van der Waals surface area contributed by atoms with Crippen molar-refractivity contribution >= 4 is 16.0 Å². The molecule has 3 N–H and O–H groups in total. The van der Waals surface area contributed by atoms with Gasteiger partial charge in [0.25, 0.3) is 0 Å². The van der Waals surface area contributed by atoms with Gasteiger partial charge >= 0.3 is 5.97 Å². The lowest BCUT2D eigenvalue weighted by atomic mass is 10.2. The Hall–Kier alpha value is -0.660. The van der Waals surface area contributed by atoms with Gasteiger partial charge in [0.05, 0.1) is 6.10 Å². The van der Waals surface area contributed by atoms with Crippen LogP contribution in [0.15, 0.2) is 0 Å². The van der Waals surface area contributed by atoms with Gasteiger partial charge in [-0.3, -0.25) is 4.79 Å². The number of aliphatic hydroxyl groups is 1. The maximum absolute atomic E-state index is 10.9. The molecule has 0 radical (unpaired) electrons. The topological polar surface area (TPSA) is 104 Å². The molecule has 1 atom stereocenters. The predicted octanol–water partition coefficient (Wildman–Crippen LogP) is -0.849. The molecule has 1 unspecified atom stereocenters. The largest absolute Gasteiger partial charge is 0.480 e. The zero-order valence-corrected chi connectivity index (χ0v) is 8.75. The van der Waals surface area contributed by atoms with Crippen molar-refractivity contribution < 1.29 is 23.4 Å². The van der Waals surface area contributed by atoms with Crippen LogP contribution in [0.4, 0.5) is 0 Å². The fourth-order valence-electron chi connectivity index (χ4n) is 0.872. The third kappa shape index (κ3) is 6.81. The van der Waals surface area contributed by atoms with E-state index < -0.39 is 27.8 Å². The first-order valence-corrected chi connectivity index (χ1v) is 5.90. The van der Waals surface area contributed by atoms with E-state index in [2.05, 4.69) is 0 Å². The molecular formula is C7H15NO5S. The van der Waals surface area contributed by atoms with Crippen molar-refractivity contribution in [1.82, 2.24) is 4.72 Å². The van der Waals surface area contributed by atoms with Crippen LogP contribution in [0.5, 0.6) is 0 Å². The molecule has 0 aromatic carbocycles. The maximum Gasteiger partial charge on any atom is 0.320 e. The molecule has 0 aliphatic carbocycles. The van der Waals surface area contributed by atoms with Gasteiger partial charge < -0.3 is 10.2 Å². The predicted molar refractivity (Wildman–Crippen MR) is 50.3 cm³/mol. The van der Waals surface area contributed by atoms with Gasteiger partial charge in [-0.05, 0) is 6.42 Å². The SMILES string of the molecule is CCCC(O)CNS(=O)(=O)CC(=O)O. The number of rotatable bonds is 7. The third-order valence-corrected chi connectivity index (χ3v) is 2.71. The summed E-state index contributed by atoms with van der Waals surface area (Å²) in [4.78, 5) is 10.1. The minimum Gasteiger partial charge on any atom is -0.480 e. The van der Waals surface area contributed by atoms with Gasteiger partial charge in [-0.1, -0.05) is 13.3 Å². The Kier molecular flexibility index (Phi) is 5.66. The van der Waals surface area contributed by atoms with Crippen molar-refractivity contribution in [3.05, 3.63) is 0 Å². The summed E-state index contributed by atoms with van der Waals surface area (Å²) in [5.41, 5.74) is 0. The Labute approximate surface area is 83.0 Å². The zero-order valence-electron chi connectivity index (χ0n) is 7.93. The van der Waals surface area contributed by atoms with E-state index in [9.17, 15) is 18.3 Å². The number of aliphatic hydroxyl groups excluding tert-OH is 1. The number of carbonyl (C=O) groups is 1. The number of aliphatic carboxylic acids is 1. The molecule has 7 heteroatoms. The molecule has 0 aromatic rings. The second-order valence-electron chi connectivity index (χ2n) is 2.94. The van der Waals surface area contributed by atoms with Crippen LogP contribution in [-0.2, 0) is 14.8 Å². The summed E-state index contributed by atoms with van der Waals surface area (Å²) < 4.78 is 23.9. The molecule has 0 heterocycles. The third-order valence-electron chi connectivity index (χ3n) is 1.47. The molecule has 84 valence electrons. The minimum absolute atomic E-state index is 0.135. The first-order chi connectivity index (χ1) is 6.37. The van der Waals surface area contributed by atoms with E-state index in [1.54, 1.807) is 0 Å². The van der Waals surface area contributed by atoms with Crippen LogP contribution in [0.25, 0.3) is 0 Å². The number of carboxylic acid groups (broad SMARTS) is 1. The van der Waals surface area contributed by atoms with E-state index in [1.807, 2.05) is 11.6 Å². The van der Waals surface area contributed by atoms with E-state index in [0.717, 1.165) is 6.42 Å². The summed E-state index contributed by atoms with van der Waals surface area (Å²) in [7, 11) is -3.80. The summed E-state index contributed by atoms with van der Waals surface area (Å²) in [5.74, 6) is -2.38. The smallest absolute Gasteiger partial charge is 0.320 e. The van der Waals surface area contributed by atoms with Crippen LogP contribution in [-0.4, -0.2) is 43.0 Å². The highest BCUT2D eigenvalue weighted by atomic mass is 32.2. The lowest BCUT2D eigenvalue weighted by molar-refractivity contribution is -0.134. The summed E-state index contributed by atoms with van der Waals surface area (Å²) in [6.07, 6.45) is 0.459. The molecular weight excluding hydrogens is 210 g/mol. The lowest BCUT2D eigenvalue weighted by Gasteiger charge is -2.09. The number of nitrogens with one attached hydrogen (secondary N) is 1. The Morgan fingerprint density at radius 3 is 2.50 bits per heavy atom. The van der Waals surface area contributed by atoms with Gasteiger partial charge in [-0.2, -0.15) is 0 Å². The first-order valence-electron chi connectivity index (χ1n) is 4.24. The van der Waals surface area contributed by atoms with Crippen molar-refractivity contribution in [3.8, 4) is 0 Å². The molecule has 14 heavy (non-hydrogen) atoms. The minimum atomic E-state index is -3.80. The maximum atomic E-state index is 10.9. The van der Waals surface area contributed by atoms with Crippen LogP contribution in [0.2, 0.25) is 0 Å². The molecule has 0 aliphatic heterocycles. The van der Waals surface area contributed by atoms with Crippen molar-refractivity contribution in [1.29, 1.82) is 0 Å². The monoisotopic (exact) mass is 225 g/mol. The molecule has 0 fully saturated rings. The number of hydrogen-bond donors (Lipinski definition) is 3. The average Bonchev–Trinajstić information content (AvgIpc) is 1.99. The molecule has 0 saturated heterocycles. The van der Waals surface area contributed by atoms with Crippen LogP contribution in [0, 0.1) is 0 Å². The van der Waals surface area contributed by atoms with Gasteiger partial charge in [0, 0.05) is 6.54 Å². The Balaban J connectivity index is 3.93. The van der Waals surface area contributed by atoms with Crippen molar-refractivity contribution in [3.63, 3.8) is 0 Å². The van der Waals surface area contributed by atoms with Gasteiger partial charge in [0.2, 0.25) is 10.0 Å². The van der Waals surface area contributed by atoms with Gasteiger partial charge in [-0.25, -0.2) is 13.1 Å². The summed E-state index contributed by atoms with van der Waals surface area (Å²) in [6, 6.07) is 0. The zero-order chi connectivity index (χ0) is 11.2. The van der Waals surface area contributed by atoms with E-state index in [0.29, 0.717) is 6.42 Å². The van der Waals surface area contributed by atoms with E-state index in [4.69, 9.17) is 5.11 Å². The fraction of sp³-hybridized carbons (Fsp3) is 0.857. The Bertz CT molecular complexity index is 274. The molecule has 0 spiro atoms. The summed E-state index contributed by atoms with van der Waals surface area (Å²) in [5, 5.41) is 17.4. The second kappa shape index (κ2) is 5.94. The van der Waals surface area contributed by atoms with Crippen LogP contribution in [0.1, 0.15) is 19.8 Å². The molecule has 0 saturated carbocycles. The second-order valence-corrected chi connectivity index (χ2v) is 4.75. The highest BCUT2D eigenvalue weighted by Crippen LogP contribution is 1.95. The number of hydrogen-bond acceptors (Lipinski definition) is 4. The van der Waals surface area contributed by atoms with Gasteiger partial charge in [0.15, 0.2) is 5.75 Å². The molecule has 0 aromatic heterocycles.